The van der Waals surface area contributed by atoms with E-state index < -0.39 is 11.1 Å². The van der Waals surface area contributed by atoms with Gasteiger partial charge in [-0.1, -0.05) is 18.2 Å². The van der Waals surface area contributed by atoms with E-state index in [-0.39, 0.29) is 0 Å². The number of alkyl halides is 3. The lowest BCUT2D eigenvalue weighted by Crippen LogP contribution is -2.00. The molecule has 0 spiro atoms. The number of thiophene rings is 1. The molecule has 0 radical (unpaired) electrons. The Kier molecular flexibility index (Phi) is 1.80. The van der Waals surface area contributed by atoms with Crippen molar-refractivity contribution >= 4 is 21.4 Å². The van der Waals surface area contributed by atoms with E-state index in [9.17, 15) is 13.2 Å². The van der Waals surface area contributed by atoms with Crippen LogP contribution in [0.25, 0.3) is 10.1 Å². The van der Waals surface area contributed by atoms with Crippen LogP contribution in [0.3, 0.4) is 0 Å². The first kappa shape index (κ1) is 8.56. The highest BCUT2D eigenvalue weighted by Gasteiger charge is 2.32. The number of halogens is 3. The molecule has 0 aliphatic rings. The maximum Gasteiger partial charge on any atom is 0.425 e. The quantitative estimate of drug-likeness (QED) is 0.607. The van der Waals surface area contributed by atoms with Crippen LogP contribution >= 0.6 is 11.3 Å². The number of rotatable bonds is 0. The number of fused-ring (bicyclic) bond motifs is 1. The van der Waals surface area contributed by atoms with Crippen LogP contribution in [0.5, 0.6) is 0 Å². The summed E-state index contributed by atoms with van der Waals surface area (Å²) in [6.45, 7) is 0. The molecule has 1 aromatic carbocycles. The fourth-order valence-corrected chi connectivity index (χ4v) is 2.05. The summed E-state index contributed by atoms with van der Waals surface area (Å²) < 4.78 is 37.4. The largest absolute Gasteiger partial charge is 0.425 e. The molecule has 2 aromatic rings. The van der Waals surface area contributed by atoms with Crippen LogP contribution in [0.15, 0.2) is 30.3 Å². The van der Waals surface area contributed by atoms with Crippen LogP contribution in [0.1, 0.15) is 4.88 Å². The molecular weight excluding hydrogens is 197 g/mol. The predicted molar refractivity (Wildman–Crippen MR) is 46.8 cm³/mol. The summed E-state index contributed by atoms with van der Waals surface area (Å²) in [4.78, 5) is -0.534. The minimum atomic E-state index is -4.22. The Labute approximate surface area is 76.6 Å². The molecule has 4 heteroatoms. The molecule has 0 atom stereocenters. The Bertz CT molecular complexity index is 395. The average Bonchev–Trinajstić information content (AvgIpc) is 2.45. The molecule has 1 aromatic heterocycles. The van der Waals surface area contributed by atoms with E-state index in [2.05, 4.69) is 0 Å². The van der Waals surface area contributed by atoms with Gasteiger partial charge in [0.15, 0.2) is 0 Å². The highest BCUT2D eigenvalue weighted by Crippen LogP contribution is 2.37. The van der Waals surface area contributed by atoms with E-state index in [1.54, 1.807) is 24.3 Å². The molecule has 68 valence electrons. The molecule has 0 saturated carbocycles. The molecule has 0 aliphatic carbocycles. The Morgan fingerprint density at radius 2 is 1.77 bits per heavy atom. The molecule has 1 heterocycles. The van der Waals surface area contributed by atoms with Gasteiger partial charge >= 0.3 is 6.18 Å². The Morgan fingerprint density at radius 1 is 1.08 bits per heavy atom. The van der Waals surface area contributed by atoms with E-state index in [0.717, 1.165) is 11.3 Å². The number of benzene rings is 1. The van der Waals surface area contributed by atoms with Gasteiger partial charge in [0.1, 0.15) is 4.88 Å². The second kappa shape index (κ2) is 2.73. The molecule has 0 unspecified atom stereocenters. The summed E-state index contributed by atoms with van der Waals surface area (Å²) in [6, 6.07) is 8.02. The van der Waals surface area contributed by atoms with Crippen molar-refractivity contribution in [1.82, 2.24) is 0 Å². The zero-order valence-electron chi connectivity index (χ0n) is 6.43. The monoisotopic (exact) mass is 202 g/mol. The van der Waals surface area contributed by atoms with Crippen molar-refractivity contribution in [3.8, 4) is 0 Å². The topological polar surface area (TPSA) is 0 Å². The van der Waals surface area contributed by atoms with Gasteiger partial charge in [-0.3, -0.25) is 0 Å². The van der Waals surface area contributed by atoms with Crippen LogP contribution in [0.2, 0.25) is 0 Å². The molecule has 0 fully saturated rings. The van der Waals surface area contributed by atoms with Gasteiger partial charge in [0.2, 0.25) is 0 Å². The zero-order chi connectivity index (χ0) is 9.47. The fraction of sp³-hybridized carbons (Fsp3) is 0.111. The lowest BCUT2D eigenvalue weighted by Gasteiger charge is -1.99. The Hall–Kier alpha value is -1.03. The number of hydrogen-bond acceptors (Lipinski definition) is 1. The van der Waals surface area contributed by atoms with Crippen molar-refractivity contribution in [3.63, 3.8) is 0 Å². The van der Waals surface area contributed by atoms with Gasteiger partial charge in [-0.05, 0) is 17.5 Å². The van der Waals surface area contributed by atoms with Gasteiger partial charge in [-0.2, -0.15) is 13.2 Å². The average molecular weight is 202 g/mol. The van der Waals surface area contributed by atoms with Crippen LogP contribution in [0.4, 0.5) is 13.2 Å². The first-order chi connectivity index (χ1) is 6.07. The molecule has 0 bridgehead atoms. The minimum Gasteiger partial charge on any atom is -0.165 e. The van der Waals surface area contributed by atoms with Crippen molar-refractivity contribution in [1.29, 1.82) is 0 Å². The predicted octanol–water partition coefficient (Wildman–Crippen LogP) is 3.92. The van der Waals surface area contributed by atoms with Gasteiger partial charge in [0.05, 0.1) is 0 Å². The lowest BCUT2D eigenvalue weighted by atomic mass is 10.2. The summed E-state index contributed by atoms with van der Waals surface area (Å²) in [5.74, 6) is 0. The minimum absolute atomic E-state index is 0.534. The van der Waals surface area contributed by atoms with Crippen molar-refractivity contribution < 1.29 is 13.2 Å². The van der Waals surface area contributed by atoms with Crippen LogP contribution in [-0.2, 0) is 6.18 Å². The van der Waals surface area contributed by atoms with Crippen LogP contribution < -0.4 is 0 Å². The van der Waals surface area contributed by atoms with E-state index in [0.29, 0.717) is 10.1 Å². The van der Waals surface area contributed by atoms with Crippen LogP contribution in [0, 0.1) is 0 Å². The van der Waals surface area contributed by atoms with Crippen LogP contribution in [-0.4, -0.2) is 0 Å². The molecule has 0 nitrogen and oxygen atoms in total. The third-order valence-electron chi connectivity index (χ3n) is 1.70. The SMILES string of the molecule is FC(F)(F)c1cc2ccccc2s1. The fourth-order valence-electron chi connectivity index (χ4n) is 1.12. The second-order valence-electron chi connectivity index (χ2n) is 2.65. The highest BCUT2D eigenvalue weighted by atomic mass is 32.1. The summed E-state index contributed by atoms with van der Waals surface area (Å²) in [6.07, 6.45) is -4.22. The second-order valence-corrected chi connectivity index (χ2v) is 3.73. The zero-order valence-corrected chi connectivity index (χ0v) is 7.25. The maximum absolute atomic E-state index is 12.2. The highest BCUT2D eigenvalue weighted by molar-refractivity contribution is 7.19. The Morgan fingerprint density at radius 3 is 2.38 bits per heavy atom. The smallest absolute Gasteiger partial charge is 0.165 e. The molecular formula is C9H5F3S. The van der Waals surface area contributed by atoms with Crippen molar-refractivity contribution in [2.24, 2.45) is 0 Å². The Balaban J connectivity index is 2.63. The molecule has 2 rings (SSSR count). The summed E-state index contributed by atoms with van der Waals surface area (Å²) in [5, 5.41) is 0.653. The summed E-state index contributed by atoms with van der Waals surface area (Å²) in [5.41, 5.74) is 0. The van der Waals surface area contributed by atoms with Gasteiger partial charge in [-0.25, -0.2) is 0 Å². The maximum atomic E-state index is 12.2. The first-order valence-corrected chi connectivity index (χ1v) is 4.45. The van der Waals surface area contributed by atoms with E-state index >= 15 is 0 Å². The van der Waals surface area contributed by atoms with E-state index in [1.807, 2.05) is 0 Å². The van der Waals surface area contributed by atoms with Crippen molar-refractivity contribution in [2.45, 2.75) is 6.18 Å². The van der Waals surface area contributed by atoms with Gasteiger partial charge in [0.25, 0.3) is 0 Å². The molecule has 0 amide bonds. The van der Waals surface area contributed by atoms with E-state index in [1.165, 1.54) is 6.07 Å². The first-order valence-electron chi connectivity index (χ1n) is 3.63. The van der Waals surface area contributed by atoms with E-state index in [4.69, 9.17) is 0 Å². The van der Waals surface area contributed by atoms with Crippen molar-refractivity contribution in [2.75, 3.05) is 0 Å². The van der Waals surface area contributed by atoms with Gasteiger partial charge < -0.3 is 0 Å². The van der Waals surface area contributed by atoms with Gasteiger partial charge in [0, 0.05) is 4.70 Å². The molecule has 0 N–H and O–H groups in total. The normalized spacial score (nSPS) is 12.2. The molecule has 13 heavy (non-hydrogen) atoms. The summed E-state index contributed by atoms with van der Waals surface area (Å²) in [7, 11) is 0. The summed E-state index contributed by atoms with van der Waals surface area (Å²) >= 11 is 0.779. The molecule has 0 aliphatic heterocycles. The standard InChI is InChI=1S/C9H5F3S/c10-9(11,12)8-5-6-3-1-2-4-7(6)13-8/h1-5H. The lowest BCUT2D eigenvalue weighted by molar-refractivity contribution is -0.134. The van der Waals surface area contributed by atoms with Gasteiger partial charge in [-0.15, -0.1) is 11.3 Å². The third kappa shape index (κ3) is 1.54. The third-order valence-corrected chi connectivity index (χ3v) is 2.87. The number of hydrogen-bond donors (Lipinski definition) is 0. The molecule has 0 saturated heterocycles. The van der Waals surface area contributed by atoms with Crippen molar-refractivity contribution in [3.05, 3.63) is 35.2 Å².